The molecule has 1 heterocycles. The summed E-state index contributed by atoms with van der Waals surface area (Å²) < 4.78 is 1.98. The van der Waals surface area contributed by atoms with Crippen LogP contribution in [0.2, 0.25) is 0 Å². The molecule has 1 saturated carbocycles. The number of hydrogen-bond donors (Lipinski definition) is 1. The van der Waals surface area contributed by atoms with Gasteiger partial charge in [0.25, 0.3) is 0 Å². The van der Waals surface area contributed by atoms with Crippen molar-refractivity contribution in [3.63, 3.8) is 0 Å². The molecule has 0 bridgehead atoms. The molecule has 1 atom stereocenters. The summed E-state index contributed by atoms with van der Waals surface area (Å²) in [5, 5.41) is 16.4. The maximum absolute atomic E-state index is 4.10. The molecule has 1 aromatic rings. The van der Waals surface area contributed by atoms with Gasteiger partial charge in [-0.15, -0.1) is 5.10 Å². The van der Waals surface area contributed by atoms with E-state index < -0.39 is 0 Å². The van der Waals surface area contributed by atoms with Crippen molar-refractivity contribution >= 4 is 11.8 Å². The Morgan fingerprint density at radius 3 is 2.78 bits per heavy atom. The summed E-state index contributed by atoms with van der Waals surface area (Å²) in [5.41, 5.74) is 0.189. The SMILES string of the molecule is CC(CNC(C)(C)C)CSc1nnnn1C1CC1. The highest BCUT2D eigenvalue weighted by molar-refractivity contribution is 7.99. The van der Waals surface area contributed by atoms with Crippen molar-refractivity contribution in [3.8, 4) is 0 Å². The molecule has 0 aliphatic heterocycles. The van der Waals surface area contributed by atoms with Crippen molar-refractivity contribution in [2.45, 2.75) is 57.3 Å². The number of hydrogen-bond acceptors (Lipinski definition) is 5. The van der Waals surface area contributed by atoms with Crippen molar-refractivity contribution in [3.05, 3.63) is 0 Å². The predicted molar refractivity (Wildman–Crippen MR) is 73.7 cm³/mol. The molecule has 1 aliphatic carbocycles. The van der Waals surface area contributed by atoms with Gasteiger partial charge in [0.2, 0.25) is 5.16 Å². The fraction of sp³-hybridized carbons (Fsp3) is 0.917. The highest BCUT2D eigenvalue weighted by Crippen LogP contribution is 2.36. The number of nitrogens with zero attached hydrogens (tertiary/aromatic N) is 4. The van der Waals surface area contributed by atoms with Crippen LogP contribution in [-0.2, 0) is 0 Å². The molecule has 1 unspecified atom stereocenters. The zero-order valence-corrected chi connectivity index (χ0v) is 12.5. The Morgan fingerprint density at radius 2 is 2.17 bits per heavy atom. The summed E-state index contributed by atoms with van der Waals surface area (Å²) in [5.74, 6) is 1.66. The Morgan fingerprint density at radius 1 is 1.44 bits per heavy atom. The van der Waals surface area contributed by atoms with Gasteiger partial charge in [-0.2, -0.15) is 0 Å². The Balaban J connectivity index is 1.75. The number of tetrazole rings is 1. The molecule has 0 aromatic carbocycles. The number of rotatable bonds is 6. The average molecular weight is 269 g/mol. The molecule has 5 nitrogen and oxygen atoms in total. The lowest BCUT2D eigenvalue weighted by molar-refractivity contribution is 0.395. The molecule has 1 aromatic heterocycles. The van der Waals surface area contributed by atoms with Gasteiger partial charge < -0.3 is 5.32 Å². The number of nitrogens with one attached hydrogen (secondary N) is 1. The lowest BCUT2D eigenvalue weighted by Gasteiger charge is -2.23. The highest BCUT2D eigenvalue weighted by atomic mass is 32.2. The lowest BCUT2D eigenvalue weighted by Crippen LogP contribution is -2.39. The minimum Gasteiger partial charge on any atom is -0.312 e. The van der Waals surface area contributed by atoms with E-state index in [1.165, 1.54) is 12.8 Å². The average Bonchev–Trinajstić information content (AvgIpc) is 3.02. The van der Waals surface area contributed by atoms with E-state index in [9.17, 15) is 0 Å². The summed E-state index contributed by atoms with van der Waals surface area (Å²) >= 11 is 1.77. The van der Waals surface area contributed by atoms with Crippen LogP contribution in [0.25, 0.3) is 0 Å². The van der Waals surface area contributed by atoms with Crippen LogP contribution in [0.1, 0.15) is 46.6 Å². The van der Waals surface area contributed by atoms with E-state index in [0.717, 1.165) is 17.5 Å². The third-order valence-electron chi connectivity index (χ3n) is 2.83. The second-order valence-electron chi connectivity index (χ2n) is 6.18. The largest absolute Gasteiger partial charge is 0.312 e. The van der Waals surface area contributed by atoms with Crippen molar-refractivity contribution in [1.29, 1.82) is 0 Å². The molecule has 6 heteroatoms. The Labute approximate surface area is 113 Å². The predicted octanol–water partition coefficient (Wildman–Crippen LogP) is 2.12. The van der Waals surface area contributed by atoms with Crippen LogP contribution in [0.15, 0.2) is 5.16 Å². The maximum atomic E-state index is 4.10. The van der Waals surface area contributed by atoms with Gasteiger partial charge in [0, 0.05) is 11.3 Å². The minimum atomic E-state index is 0.189. The third kappa shape index (κ3) is 4.24. The van der Waals surface area contributed by atoms with Crippen LogP contribution in [0, 0.1) is 5.92 Å². The van der Waals surface area contributed by atoms with Gasteiger partial charge in [0.1, 0.15) is 0 Å². The van der Waals surface area contributed by atoms with E-state index in [4.69, 9.17) is 0 Å². The monoisotopic (exact) mass is 269 g/mol. The molecule has 102 valence electrons. The van der Waals surface area contributed by atoms with E-state index in [1.807, 2.05) is 4.68 Å². The van der Waals surface area contributed by atoms with Gasteiger partial charge in [-0.3, -0.25) is 0 Å². The van der Waals surface area contributed by atoms with Gasteiger partial charge in [-0.25, -0.2) is 4.68 Å². The summed E-state index contributed by atoms with van der Waals surface area (Å²) in [6.07, 6.45) is 2.44. The first-order chi connectivity index (χ1) is 8.46. The topological polar surface area (TPSA) is 55.6 Å². The molecule has 0 amide bonds. The van der Waals surface area contributed by atoms with E-state index in [-0.39, 0.29) is 5.54 Å². The summed E-state index contributed by atoms with van der Waals surface area (Å²) in [6.45, 7) is 9.88. The molecule has 1 fully saturated rings. The van der Waals surface area contributed by atoms with Crippen LogP contribution in [0.3, 0.4) is 0 Å². The third-order valence-corrected chi connectivity index (χ3v) is 4.10. The van der Waals surface area contributed by atoms with Gasteiger partial charge in [0.05, 0.1) is 6.04 Å². The fourth-order valence-corrected chi connectivity index (χ4v) is 2.55. The first kappa shape index (κ1) is 13.8. The van der Waals surface area contributed by atoms with Crippen molar-refractivity contribution in [1.82, 2.24) is 25.5 Å². The van der Waals surface area contributed by atoms with Crippen LogP contribution in [-0.4, -0.2) is 38.0 Å². The second kappa shape index (κ2) is 5.57. The van der Waals surface area contributed by atoms with Gasteiger partial charge in [-0.05, 0) is 56.5 Å². The zero-order chi connectivity index (χ0) is 13.2. The first-order valence-corrected chi connectivity index (χ1v) is 7.60. The molecular weight excluding hydrogens is 246 g/mol. The molecule has 18 heavy (non-hydrogen) atoms. The molecule has 1 aliphatic rings. The standard InChI is InChI=1S/C12H23N5S/c1-9(7-13-12(2,3)4)8-18-11-14-15-16-17(11)10-5-6-10/h9-10,13H,5-8H2,1-4H3. The second-order valence-corrected chi connectivity index (χ2v) is 7.17. The lowest BCUT2D eigenvalue weighted by atomic mass is 10.1. The zero-order valence-electron chi connectivity index (χ0n) is 11.7. The Kier molecular flexibility index (Phi) is 4.27. The van der Waals surface area contributed by atoms with E-state index >= 15 is 0 Å². The van der Waals surface area contributed by atoms with Crippen molar-refractivity contribution in [2.75, 3.05) is 12.3 Å². The van der Waals surface area contributed by atoms with Crippen LogP contribution in [0.5, 0.6) is 0 Å². The molecule has 0 saturated heterocycles. The molecule has 1 N–H and O–H groups in total. The number of thioether (sulfide) groups is 1. The smallest absolute Gasteiger partial charge is 0.209 e. The quantitative estimate of drug-likeness (QED) is 0.802. The van der Waals surface area contributed by atoms with Gasteiger partial charge >= 0.3 is 0 Å². The van der Waals surface area contributed by atoms with Crippen LogP contribution < -0.4 is 5.32 Å². The Hall–Kier alpha value is -0.620. The van der Waals surface area contributed by atoms with Crippen LogP contribution in [0.4, 0.5) is 0 Å². The minimum absolute atomic E-state index is 0.189. The molecule has 2 rings (SSSR count). The normalized spacial score (nSPS) is 18.0. The molecular formula is C12H23N5S. The van der Waals surface area contributed by atoms with Crippen molar-refractivity contribution < 1.29 is 0 Å². The maximum Gasteiger partial charge on any atom is 0.209 e. The first-order valence-electron chi connectivity index (χ1n) is 6.61. The van der Waals surface area contributed by atoms with Gasteiger partial charge in [-0.1, -0.05) is 18.7 Å². The fourth-order valence-electron chi connectivity index (χ4n) is 1.58. The highest BCUT2D eigenvalue weighted by Gasteiger charge is 2.28. The summed E-state index contributed by atoms with van der Waals surface area (Å²) in [6, 6.07) is 0.561. The van der Waals surface area contributed by atoms with E-state index in [0.29, 0.717) is 12.0 Å². The summed E-state index contributed by atoms with van der Waals surface area (Å²) in [4.78, 5) is 0. The van der Waals surface area contributed by atoms with Gasteiger partial charge in [0.15, 0.2) is 0 Å². The van der Waals surface area contributed by atoms with E-state index in [1.54, 1.807) is 11.8 Å². The molecule has 0 spiro atoms. The van der Waals surface area contributed by atoms with Crippen LogP contribution >= 0.6 is 11.8 Å². The molecule has 0 radical (unpaired) electrons. The Bertz CT molecular complexity index is 380. The number of aromatic nitrogens is 4. The van der Waals surface area contributed by atoms with E-state index in [2.05, 4.69) is 48.5 Å². The van der Waals surface area contributed by atoms with Crippen molar-refractivity contribution in [2.24, 2.45) is 5.92 Å². The summed E-state index contributed by atoms with van der Waals surface area (Å²) in [7, 11) is 0.